The molecule has 142 valence electrons. The second-order valence-electron chi connectivity index (χ2n) is 6.01. The number of Topliss-reactive ketones (excluding diaryl/α,β-unsaturated/α-hetero) is 4. The average molecular weight is 427 g/mol. The lowest BCUT2D eigenvalue weighted by atomic mass is 9.60. The van der Waals surface area contributed by atoms with Gasteiger partial charge in [-0.2, -0.15) is 0 Å². The van der Waals surface area contributed by atoms with Crippen LogP contribution in [0.2, 0.25) is 0 Å². The molecule has 0 aromatic carbocycles. The van der Waals surface area contributed by atoms with E-state index >= 15 is 0 Å². The third kappa shape index (κ3) is 2.53. The number of alkyl halides is 1. The largest absolute Gasteiger partial charge is 0.382 e. The molecule has 25 heavy (non-hydrogen) atoms. The molecule has 0 saturated carbocycles. The lowest BCUT2D eigenvalue weighted by Gasteiger charge is -2.59. The molecule has 10 nitrogen and oxygen atoms in total. The third-order valence-electron chi connectivity index (χ3n) is 4.48. The van der Waals surface area contributed by atoms with Crippen LogP contribution in [0.15, 0.2) is 0 Å². The summed E-state index contributed by atoms with van der Waals surface area (Å²) in [7, 11) is 0. The zero-order valence-electron chi connectivity index (χ0n) is 13.8. The molecule has 0 aromatic heterocycles. The molecule has 1 fully saturated rings. The minimum atomic E-state index is -3.66. The zero-order chi connectivity index (χ0) is 20.2. The number of ether oxygens (including phenoxy) is 1. The monoisotopic (exact) mass is 426 g/mol. The first-order valence-electron chi connectivity index (χ1n) is 7.01. The quantitative estimate of drug-likeness (QED) is 0.291. The fourth-order valence-corrected chi connectivity index (χ4v) is 3.77. The van der Waals surface area contributed by atoms with Gasteiger partial charge in [0.25, 0.3) is 4.70 Å². The second-order valence-corrected chi connectivity index (χ2v) is 7.09. The van der Waals surface area contributed by atoms with Crippen LogP contribution in [-0.4, -0.2) is 82.4 Å². The van der Waals surface area contributed by atoms with Crippen LogP contribution in [0.25, 0.3) is 0 Å². The molecular weight excluding hydrogens is 408 g/mol. The summed E-state index contributed by atoms with van der Waals surface area (Å²) in [5.41, 5.74) is -10.7. The van der Waals surface area contributed by atoms with Gasteiger partial charge in [0.1, 0.15) is 12.2 Å². The van der Waals surface area contributed by atoms with Crippen LogP contribution in [0.4, 0.5) is 0 Å². The van der Waals surface area contributed by atoms with Gasteiger partial charge >= 0.3 is 0 Å². The summed E-state index contributed by atoms with van der Waals surface area (Å²) >= 11 is 2.42. The van der Waals surface area contributed by atoms with Crippen molar-refractivity contribution in [3.05, 3.63) is 0 Å². The molecule has 0 radical (unpaired) electrons. The third-order valence-corrected chi connectivity index (χ3v) is 5.24. The van der Waals surface area contributed by atoms with Crippen molar-refractivity contribution in [3.8, 4) is 0 Å². The molecule has 0 amide bonds. The average Bonchev–Trinajstić information content (AvgIpc) is 2.47. The fourth-order valence-electron chi connectivity index (χ4n) is 3.00. The molecule has 1 aliphatic heterocycles. The van der Waals surface area contributed by atoms with Crippen molar-refractivity contribution in [3.63, 3.8) is 0 Å². The van der Waals surface area contributed by atoms with Crippen molar-refractivity contribution in [1.29, 1.82) is 0 Å². The lowest BCUT2D eigenvalue weighted by Crippen LogP contribution is -2.89. The van der Waals surface area contributed by atoms with Gasteiger partial charge in [-0.05, 0) is 43.6 Å². The molecule has 1 saturated heterocycles. The highest BCUT2D eigenvalue weighted by Crippen LogP contribution is 2.53. The molecule has 0 aliphatic carbocycles. The standard InChI is InChI=1S/C14H19BrO10/c1-5(16)9(20)10-11(21,6(2)17)12(22,7(3)18)13(23,8(4)19)14(15,24)25-10/h9-10,20-24H,1-4H3/t9?,10-,11-,12+,13-,14?/m1/s1. The molecule has 2 unspecified atom stereocenters. The van der Waals surface area contributed by atoms with E-state index in [1.54, 1.807) is 0 Å². The predicted molar refractivity (Wildman–Crippen MR) is 82.3 cm³/mol. The first kappa shape index (κ1) is 22.0. The van der Waals surface area contributed by atoms with Crippen LogP contribution in [0.3, 0.4) is 0 Å². The minimum absolute atomic E-state index is 0.632. The Balaban J connectivity index is 3.99. The summed E-state index contributed by atoms with van der Waals surface area (Å²) in [5, 5.41) is 52.7. The molecule has 1 aliphatic rings. The van der Waals surface area contributed by atoms with Gasteiger partial charge in [-0.25, -0.2) is 0 Å². The molecule has 11 heteroatoms. The highest BCUT2D eigenvalue weighted by atomic mass is 79.9. The van der Waals surface area contributed by atoms with Gasteiger partial charge in [-0.1, -0.05) is 0 Å². The summed E-state index contributed by atoms with van der Waals surface area (Å²) in [4.78, 5) is 47.8. The molecule has 6 atom stereocenters. The van der Waals surface area contributed by atoms with Gasteiger partial charge in [0.2, 0.25) is 11.2 Å². The van der Waals surface area contributed by atoms with E-state index in [2.05, 4.69) is 15.9 Å². The normalized spacial score (nSPS) is 42.6. The summed E-state index contributed by atoms with van der Waals surface area (Å²) < 4.78 is 1.62. The topological polar surface area (TPSA) is 179 Å². The second kappa shape index (κ2) is 6.27. The minimum Gasteiger partial charge on any atom is -0.382 e. The summed E-state index contributed by atoms with van der Waals surface area (Å²) in [6, 6.07) is 0. The molecule has 1 rings (SSSR count). The maximum absolute atomic E-state index is 12.2. The summed E-state index contributed by atoms with van der Waals surface area (Å²) in [6.45, 7) is 2.82. The first-order valence-corrected chi connectivity index (χ1v) is 7.80. The van der Waals surface area contributed by atoms with Crippen LogP contribution in [0, 0.1) is 0 Å². The summed E-state index contributed by atoms with van der Waals surface area (Å²) in [5.74, 6) is -5.39. The number of carbonyl (C=O) groups excluding carboxylic acids is 4. The molecule has 0 spiro atoms. The first-order chi connectivity index (χ1) is 11.0. The van der Waals surface area contributed by atoms with Crippen LogP contribution in [0.1, 0.15) is 27.7 Å². The number of rotatable bonds is 5. The van der Waals surface area contributed by atoms with Crippen molar-refractivity contribution >= 4 is 39.1 Å². The SMILES string of the molecule is CC(=O)C(O)[C@H]1OC(O)(Br)[C@@](O)(C(C)=O)[C@](O)(C(C)=O)[C@@]1(O)C(C)=O. The van der Waals surface area contributed by atoms with Gasteiger partial charge in [-0.15, -0.1) is 0 Å². The van der Waals surface area contributed by atoms with Gasteiger partial charge in [0, 0.05) is 0 Å². The molecule has 0 aromatic rings. The van der Waals surface area contributed by atoms with Gasteiger partial charge < -0.3 is 30.3 Å². The molecule has 5 N–H and O–H groups in total. The van der Waals surface area contributed by atoms with Crippen molar-refractivity contribution in [2.75, 3.05) is 0 Å². The van der Waals surface area contributed by atoms with Gasteiger partial charge in [-0.3, -0.25) is 19.2 Å². The van der Waals surface area contributed by atoms with E-state index in [1.165, 1.54) is 0 Å². The Morgan fingerprint density at radius 3 is 1.56 bits per heavy atom. The van der Waals surface area contributed by atoms with Gasteiger partial charge in [0.05, 0.1) is 0 Å². The smallest absolute Gasteiger partial charge is 0.265 e. The Morgan fingerprint density at radius 1 is 0.880 bits per heavy atom. The van der Waals surface area contributed by atoms with Crippen molar-refractivity contribution in [1.82, 2.24) is 0 Å². The number of hydrogen-bond donors (Lipinski definition) is 5. The Bertz CT molecular complexity index is 646. The van der Waals surface area contributed by atoms with Gasteiger partial charge in [0.15, 0.2) is 28.7 Å². The van der Waals surface area contributed by atoms with E-state index in [-0.39, 0.29) is 0 Å². The maximum Gasteiger partial charge on any atom is 0.265 e. The van der Waals surface area contributed by atoms with Crippen molar-refractivity contribution in [2.45, 2.75) is 61.4 Å². The van der Waals surface area contributed by atoms with E-state index in [4.69, 9.17) is 4.74 Å². The summed E-state index contributed by atoms with van der Waals surface area (Å²) in [6.07, 6.45) is -4.68. The molecule has 0 bridgehead atoms. The number of halogens is 1. The number of aliphatic hydroxyl groups is 5. The van der Waals surface area contributed by atoms with Crippen LogP contribution >= 0.6 is 15.9 Å². The predicted octanol–water partition coefficient (Wildman–Crippen LogP) is -2.66. The van der Waals surface area contributed by atoms with Crippen molar-refractivity contribution < 1.29 is 49.4 Å². The Labute approximate surface area is 150 Å². The van der Waals surface area contributed by atoms with E-state index in [9.17, 15) is 44.7 Å². The van der Waals surface area contributed by atoms with Crippen molar-refractivity contribution in [2.24, 2.45) is 0 Å². The zero-order valence-corrected chi connectivity index (χ0v) is 15.4. The Kier molecular flexibility index (Phi) is 5.51. The molecule has 1 heterocycles. The van der Waals surface area contributed by atoms with E-state index in [0.29, 0.717) is 20.8 Å². The Hall–Kier alpha value is -1.08. The molecular formula is C14H19BrO10. The highest BCUT2D eigenvalue weighted by Gasteiger charge is 2.83. The van der Waals surface area contributed by atoms with E-state index in [0.717, 1.165) is 6.92 Å². The lowest BCUT2D eigenvalue weighted by molar-refractivity contribution is -0.375. The number of hydrogen-bond acceptors (Lipinski definition) is 10. The van der Waals surface area contributed by atoms with E-state index in [1.807, 2.05) is 0 Å². The number of aliphatic hydroxyl groups excluding tert-OH is 1. The maximum atomic E-state index is 12.2. The van der Waals surface area contributed by atoms with Crippen LogP contribution in [-0.2, 0) is 23.9 Å². The number of carbonyl (C=O) groups is 4. The Morgan fingerprint density at radius 2 is 1.28 bits per heavy atom. The van der Waals surface area contributed by atoms with Crippen LogP contribution < -0.4 is 0 Å². The fraction of sp³-hybridized carbons (Fsp3) is 0.714. The van der Waals surface area contributed by atoms with E-state index < -0.39 is 56.8 Å². The van der Waals surface area contributed by atoms with Crippen LogP contribution in [0.5, 0.6) is 0 Å². The highest BCUT2D eigenvalue weighted by molar-refractivity contribution is 9.10. The number of ketones is 4.